The fraction of sp³-hybridized carbons (Fsp3) is 0.500. The summed E-state index contributed by atoms with van der Waals surface area (Å²) < 4.78 is 0. The van der Waals surface area contributed by atoms with E-state index in [9.17, 15) is 4.79 Å². The number of hydrogen-bond donors (Lipinski definition) is 2. The summed E-state index contributed by atoms with van der Waals surface area (Å²) in [6, 6.07) is 0. The first-order valence-electron chi connectivity index (χ1n) is 2.88. The van der Waals surface area contributed by atoms with Gasteiger partial charge in [-0.3, -0.25) is 4.79 Å². The lowest BCUT2D eigenvalue weighted by atomic mass is 10.5. The lowest BCUT2D eigenvalue weighted by molar-refractivity contribution is -0.113. The van der Waals surface area contributed by atoms with E-state index in [4.69, 9.17) is 10.8 Å². The lowest BCUT2D eigenvalue weighted by Crippen LogP contribution is -2.06. The van der Waals surface area contributed by atoms with E-state index in [1.807, 2.05) is 0 Å². The largest absolute Gasteiger partial charge is 0.396 e. The van der Waals surface area contributed by atoms with Crippen LogP contribution in [0.15, 0.2) is 11.0 Å². The second-order valence-electron chi connectivity index (χ2n) is 1.73. The molecule has 3 N–H and O–H groups in total. The molecule has 10 heavy (non-hydrogen) atoms. The molecule has 0 rings (SSSR count). The average Bonchev–Trinajstić information content (AvgIpc) is 1.82. The number of nitrogens with two attached hydrogens (primary N) is 1. The molecule has 0 aliphatic rings. The van der Waals surface area contributed by atoms with Crippen molar-refractivity contribution in [1.82, 2.24) is 0 Å². The predicted octanol–water partition coefficient (Wildman–Crippen LogP) is 0.101. The molecule has 0 aliphatic heterocycles. The Kier molecular flexibility index (Phi) is 5.06. The van der Waals surface area contributed by atoms with Crippen molar-refractivity contribution in [3.05, 3.63) is 11.0 Å². The number of aliphatic hydroxyl groups excluding tert-OH is 1. The molecule has 0 spiro atoms. The van der Waals surface area contributed by atoms with Gasteiger partial charge in [-0.25, -0.2) is 0 Å². The Hall–Kier alpha value is -0.480. The molecule has 0 aromatic carbocycles. The van der Waals surface area contributed by atoms with Crippen molar-refractivity contribution < 1.29 is 9.90 Å². The summed E-state index contributed by atoms with van der Waals surface area (Å²) in [4.78, 5) is 11.1. The quantitative estimate of drug-likeness (QED) is 0.575. The van der Waals surface area contributed by atoms with Gasteiger partial charge in [0, 0.05) is 11.8 Å². The molecule has 0 atom stereocenters. The number of allylic oxidation sites excluding steroid dienone is 1. The Bertz CT molecular complexity index is 145. The smallest absolute Gasteiger partial charge is 0.242 e. The predicted molar refractivity (Wildman–Crippen MR) is 42.5 cm³/mol. The van der Waals surface area contributed by atoms with Gasteiger partial charge in [-0.2, -0.15) is 0 Å². The Morgan fingerprint density at radius 3 is 2.80 bits per heavy atom. The molecule has 0 bridgehead atoms. The minimum absolute atomic E-state index is 0.120. The highest BCUT2D eigenvalue weighted by Crippen LogP contribution is 2.12. The summed E-state index contributed by atoms with van der Waals surface area (Å²) in [6.45, 7) is 1.90. The Labute approximate surface area is 64.3 Å². The van der Waals surface area contributed by atoms with Crippen molar-refractivity contribution in [2.45, 2.75) is 6.92 Å². The number of carbonyl (C=O) groups excluding carboxylic acids is 1. The van der Waals surface area contributed by atoms with Crippen LogP contribution in [0, 0.1) is 0 Å². The number of hydrogen-bond acceptors (Lipinski definition) is 3. The molecule has 0 radical (unpaired) electrons. The van der Waals surface area contributed by atoms with Crippen molar-refractivity contribution in [1.29, 1.82) is 0 Å². The lowest BCUT2D eigenvalue weighted by Gasteiger charge is -1.95. The van der Waals surface area contributed by atoms with Crippen LogP contribution in [0.1, 0.15) is 6.92 Å². The summed E-state index contributed by atoms with van der Waals surface area (Å²) in [7, 11) is 0. The molecular weight excluding hydrogens is 150 g/mol. The second kappa shape index (κ2) is 5.32. The van der Waals surface area contributed by atoms with Gasteiger partial charge in [-0.05, 0) is 11.8 Å². The first-order chi connectivity index (χ1) is 4.66. The van der Waals surface area contributed by atoms with Crippen LogP contribution in [0.2, 0.25) is 0 Å². The van der Waals surface area contributed by atoms with Crippen molar-refractivity contribution in [3.63, 3.8) is 0 Å². The molecule has 0 aliphatic carbocycles. The third-order valence-corrected chi connectivity index (χ3v) is 1.73. The zero-order valence-corrected chi connectivity index (χ0v) is 6.65. The molecule has 0 fully saturated rings. The van der Waals surface area contributed by atoms with Crippen LogP contribution in [-0.4, -0.2) is 23.4 Å². The van der Waals surface area contributed by atoms with E-state index < -0.39 is 5.91 Å². The maximum atomic E-state index is 10.2. The third kappa shape index (κ3) is 5.65. The van der Waals surface area contributed by atoms with E-state index in [0.717, 1.165) is 4.91 Å². The summed E-state index contributed by atoms with van der Waals surface area (Å²) in [5.41, 5.74) is 4.87. The van der Waals surface area contributed by atoms with Gasteiger partial charge < -0.3 is 10.8 Å². The van der Waals surface area contributed by atoms with E-state index in [1.54, 1.807) is 6.92 Å². The number of primary amides is 1. The van der Waals surface area contributed by atoms with Crippen LogP contribution in [0.3, 0.4) is 0 Å². The maximum absolute atomic E-state index is 10.2. The number of carbonyl (C=O) groups is 1. The number of thioether (sulfide) groups is 1. The Balaban J connectivity index is 3.60. The van der Waals surface area contributed by atoms with Gasteiger partial charge in [0.05, 0.1) is 6.61 Å². The van der Waals surface area contributed by atoms with Crippen LogP contribution < -0.4 is 5.73 Å². The summed E-state index contributed by atoms with van der Waals surface area (Å²) in [5.74, 6) is 0.165. The van der Waals surface area contributed by atoms with Crippen LogP contribution >= 0.6 is 11.8 Å². The summed E-state index contributed by atoms with van der Waals surface area (Å²) >= 11 is 1.41. The van der Waals surface area contributed by atoms with Crippen molar-refractivity contribution >= 4 is 17.7 Å². The van der Waals surface area contributed by atoms with E-state index in [2.05, 4.69) is 0 Å². The first kappa shape index (κ1) is 9.52. The van der Waals surface area contributed by atoms with E-state index in [1.165, 1.54) is 17.8 Å². The molecule has 4 heteroatoms. The number of amides is 1. The molecular formula is C6H11NO2S. The fourth-order valence-corrected chi connectivity index (χ4v) is 1.06. The van der Waals surface area contributed by atoms with Gasteiger partial charge in [0.1, 0.15) is 0 Å². The van der Waals surface area contributed by atoms with Crippen molar-refractivity contribution in [2.24, 2.45) is 5.73 Å². The third-order valence-electron chi connectivity index (χ3n) is 0.767. The molecule has 0 unspecified atom stereocenters. The van der Waals surface area contributed by atoms with Gasteiger partial charge in [-0.15, -0.1) is 11.8 Å². The standard InChI is InChI=1S/C6H11NO2S/c1-5(4-6(7)9)10-3-2-8/h4,8H,2-3H2,1H3,(H2,7,9)/b5-4+. The molecule has 0 aromatic heterocycles. The minimum Gasteiger partial charge on any atom is -0.396 e. The van der Waals surface area contributed by atoms with Gasteiger partial charge in [-0.1, -0.05) is 0 Å². The SMILES string of the molecule is C/C(=C\C(N)=O)SCCO. The summed E-state index contributed by atoms with van der Waals surface area (Å²) in [6.07, 6.45) is 1.35. The zero-order valence-electron chi connectivity index (χ0n) is 5.83. The Morgan fingerprint density at radius 2 is 2.40 bits per heavy atom. The minimum atomic E-state index is -0.442. The number of rotatable bonds is 4. The van der Waals surface area contributed by atoms with Crippen LogP contribution in [0.4, 0.5) is 0 Å². The van der Waals surface area contributed by atoms with Crippen molar-refractivity contribution in [3.8, 4) is 0 Å². The van der Waals surface area contributed by atoms with Gasteiger partial charge in [0.15, 0.2) is 0 Å². The van der Waals surface area contributed by atoms with Crippen molar-refractivity contribution in [2.75, 3.05) is 12.4 Å². The van der Waals surface area contributed by atoms with E-state index in [-0.39, 0.29) is 6.61 Å². The molecule has 0 heterocycles. The first-order valence-corrected chi connectivity index (χ1v) is 3.86. The van der Waals surface area contributed by atoms with Gasteiger partial charge >= 0.3 is 0 Å². The molecule has 0 aromatic rings. The molecule has 3 nitrogen and oxygen atoms in total. The molecule has 1 amide bonds. The normalized spacial score (nSPS) is 11.6. The van der Waals surface area contributed by atoms with Crippen LogP contribution in [0.25, 0.3) is 0 Å². The van der Waals surface area contributed by atoms with E-state index in [0.29, 0.717) is 5.75 Å². The summed E-state index contributed by atoms with van der Waals surface area (Å²) in [5, 5.41) is 8.39. The topological polar surface area (TPSA) is 63.3 Å². The average molecular weight is 161 g/mol. The van der Waals surface area contributed by atoms with Crippen LogP contribution in [-0.2, 0) is 4.79 Å². The molecule has 0 saturated carbocycles. The fourth-order valence-electron chi connectivity index (χ4n) is 0.449. The monoisotopic (exact) mass is 161 g/mol. The van der Waals surface area contributed by atoms with E-state index >= 15 is 0 Å². The maximum Gasteiger partial charge on any atom is 0.242 e. The van der Waals surface area contributed by atoms with Crippen LogP contribution in [0.5, 0.6) is 0 Å². The number of aliphatic hydroxyl groups is 1. The van der Waals surface area contributed by atoms with Gasteiger partial charge in [0.25, 0.3) is 0 Å². The second-order valence-corrected chi connectivity index (χ2v) is 3.07. The highest BCUT2D eigenvalue weighted by Gasteiger charge is 1.91. The molecule has 58 valence electrons. The van der Waals surface area contributed by atoms with Gasteiger partial charge in [0.2, 0.25) is 5.91 Å². The molecule has 0 saturated heterocycles. The highest BCUT2D eigenvalue weighted by molar-refractivity contribution is 8.03. The Morgan fingerprint density at radius 1 is 1.80 bits per heavy atom. The highest BCUT2D eigenvalue weighted by atomic mass is 32.2. The zero-order chi connectivity index (χ0) is 7.98.